The molecular weight excluding hydrogens is 450 g/mol. The fraction of sp³-hybridized carbons (Fsp3) is 0.278. The average molecular weight is 474 g/mol. The Labute approximate surface area is 180 Å². The lowest BCUT2D eigenvalue weighted by molar-refractivity contribution is 0.127. The number of ether oxygens (including phenoxy) is 2. The molecule has 2 aromatic rings. The first-order valence-corrected chi connectivity index (χ1v) is 12.1. The molecule has 0 saturated carbocycles. The van der Waals surface area contributed by atoms with Gasteiger partial charge in [0.1, 0.15) is 28.8 Å². The second-order valence-corrected chi connectivity index (χ2v) is 9.65. The Kier molecular flexibility index (Phi) is 7.94. The third-order valence-electron chi connectivity index (χ3n) is 3.63. The van der Waals surface area contributed by atoms with E-state index >= 15 is 0 Å². The van der Waals surface area contributed by atoms with Gasteiger partial charge in [-0.1, -0.05) is 12.1 Å². The van der Waals surface area contributed by atoms with Crippen LogP contribution in [0.5, 0.6) is 17.2 Å². The molecule has 13 heteroatoms. The highest BCUT2D eigenvalue weighted by Gasteiger charge is 2.25. The summed E-state index contributed by atoms with van der Waals surface area (Å²) in [6.07, 6.45) is 1.35. The van der Waals surface area contributed by atoms with Gasteiger partial charge in [-0.15, -0.1) is 0 Å². The Morgan fingerprint density at radius 2 is 1.55 bits per heavy atom. The van der Waals surface area contributed by atoms with Crippen molar-refractivity contribution in [2.75, 3.05) is 26.6 Å². The summed E-state index contributed by atoms with van der Waals surface area (Å²) in [7, 11) is -6.87. The van der Waals surface area contributed by atoms with Crippen LogP contribution in [0.15, 0.2) is 57.4 Å². The van der Waals surface area contributed by atoms with Gasteiger partial charge >= 0.3 is 10.1 Å². The highest BCUT2D eigenvalue weighted by atomic mass is 32.2. The van der Waals surface area contributed by atoms with E-state index in [4.69, 9.17) is 30.0 Å². The van der Waals surface area contributed by atoms with Gasteiger partial charge in [0, 0.05) is 30.9 Å². The van der Waals surface area contributed by atoms with E-state index in [-0.39, 0.29) is 41.3 Å². The molecule has 0 saturated heterocycles. The number of benzene rings is 2. The summed E-state index contributed by atoms with van der Waals surface area (Å²) in [6, 6.07) is 9.35. The maximum absolute atomic E-state index is 12.7. The van der Waals surface area contributed by atoms with E-state index in [1.165, 1.54) is 43.5 Å². The molecule has 4 N–H and O–H groups in total. The maximum atomic E-state index is 12.7. The van der Waals surface area contributed by atoms with Crippen LogP contribution in [-0.2, 0) is 24.8 Å². The van der Waals surface area contributed by atoms with Gasteiger partial charge in [0.15, 0.2) is 9.84 Å². The van der Waals surface area contributed by atoms with Gasteiger partial charge in [0.2, 0.25) is 5.96 Å². The van der Waals surface area contributed by atoms with Crippen LogP contribution in [0.3, 0.4) is 0 Å². The first-order chi connectivity index (χ1) is 14.5. The number of sulfone groups is 1. The fourth-order valence-corrected chi connectivity index (χ4v) is 4.88. The second-order valence-electron chi connectivity index (χ2n) is 6.15. The summed E-state index contributed by atoms with van der Waals surface area (Å²) in [6.45, 7) is 0.401. The molecular formula is C18H23N3O8S2. The van der Waals surface area contributed by atoms with Crippen molar-refractivity contribution in [2.24, 2.45) is 16.6 Å². The van der Waals surface area contributed by atoms with Crippen LogP contribution in [0.4, 0.5) is 0 Å². The minimum Gasteiger partial charge on any atom is -0.496 e. The number of methoxy groups -OCH3 is 1. The van der Waals surface area contributed by atoms with Gasteiger partial charge in [-0.25, -0.2) is 8.42 Å². The van der Waals surface area contributed by atoms with Crippen molar-refractivity contribution >= 4 is 25.9 Å². The summed E-state index contributed by atoms with van der Waals surface area (Å²) in [5.41, 5.74) is 10.3. The lowest BCUT2D eigenvalue weighted by Crippen LogP contribution is -2.23. The van der Waals surface area contributed by atoms with Crippen molar-refractivity contribution in [3.63, 3.8) is 0 Å². The summed E-state index contributed by atoms with van der Waals surface area (Å²) in [5, 5.41) is 3.37. The highest BCUT2D eigenvalue weighted by Crippen LogP contribution is 2.31. The molecule has 0 aliphatic carbocycles. The predicted molar refractivity (Wildman–Crippen MR) is 112 cm³/mol. The molecule has 0 bridgehead atoms. The molecule has 11 nitrogen and oxygen atoms in total. The van der Waals surface area contributed by atoms with E-state index in [9.17, 15) is 16.8 Å². The van der Waals surface area contributed by atoms with E-state index in [0.717, 1.165) is 12.3 Å². The van der Waals surface area contributed by atoms with Crippen molar-refractivity contribution < 1.29 is 35.3 Å². The minimum atomic E-state index is -4.46. The van der Waals surface area contributed by atoms with Gasteiger partial charge < -0.3 is 30.0 Å². The third-order valence-corrected chi connectivity index (χ3v) is 6.22. The molecule has 31 heavy (non-hydrogen) atoms. The number of hydrogen-bond donors (Lipinski definition) is 2. The molecule has 0 spiro atoms. The molecule has 170 valence electrons. The number of guanidine groups is 1. The van der Waals surface area contributed by atoms with Gasteiger partial charge in [-0.2, -0.15) is 8.42 Å². The Morgan fingerprint density at radius 1 is 0.935 bits per heavy atom. The van der Waals surface area contributed by atoms with Crippen molar-refractivity contribution in [2.45, 2.75) is 16.2 Å². The third kappa shape index (κ3) is 7.22. The van der Waals surface area contributed by atoms with Crippen LogP contribution in [0.1, 0.15) is 6.42 Å². The fourth-order valence-electron chi connectivity index (χ4n) is 2.36. The average Bonchev–Trinajstić information content (AvgIpc) is 2.69. The van der Waals surface area contributed by atoms with Gasteiger partial charge in [-0.3, -0.25) is 0 Å². The van der Waals surface area contributed by atoms with E-state index in [0.29, 0.717) is 6.42 Å². The lowest BCUT2D eigenvalue weighted by atomic mass is 10.3. The Hall–Kier alpha value is -3.19. The van der Waals surface area contributed by atoms with Crippen molar-refractivity contribution in [1.82, 2.24) is 0 Å². The SMILES string of the molecule is COc1cc(OCCCON=C(N)N)cc(OS(=O)(=O)c2ccccc2S(C)(=O)=O)c1. The normalized spacial score (nSPS) is 11.4. The van der Waals surface area contributed by atoms with Crippen LogP contribution in [-0.4, -0.2) is 49.4 Å². The quantitative estimate of drug-likeness (QED) is 0.157. The predicted octanol–water partition coefficient (Wildman–Crippen LogP) is 0.840. The van der Waals surface area contributed by atoms with Gasteiger partial charge in [-0.05, 0) is 17.3 Å². The first kappa shape index (κ1) is 24.1. The summed E-state index contributed by atoms with van der Waals surface area (Å²) in [4.78, 5) is 4.00. The van der Waals surface area contributed by atoms with E-state index < -0.39 is 24.9 Å². The molecule has 0 heterocycles. The standard InChI is InChI=1S/C18H23N3O8S2/c1-26-13-10-14(27-8-5-9-28-21-18(19)20)12-15(11-13)29-31(24,25)17-7-4-3-6-16(17)30(2,22)23/h3-4,6-7,10-12H,5,8-9H2,1-2H3,(H4,19,20,21). The molecule has 0 amide bonds. The van der Waals surface area contributed by atoms with E-state index in [1.807, 2.05) is 0 Å². The van der Waals surface area contributed by atoms with E-state index in [1.54, 1.807) is 0 Å². The number of oxime groups is 1. The smallest absolute Gasteiger partial charge is 0.340 e. The van der Waals surface area contributed by atoms with Crippen LogP contribution in [0.25, 0.3) is 0 Å². The largest absolute Gasteiger partial charge is 0.496 e. The number of nitrogens with two attached hydrogens (primary N) is 2. The Bertz CT molecular complexity index is 1140. The zero-order chi connectivity index (χ0) is 23.1. The zero-order valence-corrected chi connectivity index (χ0v) is 18.5. The van der Waals surface area contributed by atoms with Crippen LogP contribution in [0, 0.1) is 0 Å². The van der Waals surface area contributed by atoms with Crippen LogP contribution in [0.2, 0.25) is 0 Å². The van der Waals surface area contributed by atoms with Crippen LogP contribution >= 0.6 is 0 Å². The lowest BCUT2D eigenvalue weighted by Gasteiger charge is -2.13. The van der Waals surface area contributed by atoms with Gasteiger partial charge in [0.05, 0.1) is 18.6 Å². The maximum Gasteiger partial charge on any atom is 0.340 e. The highest BCUT2D eigenvalue weighted by molar-refractivity contribution is 7.92. The second kappa shape index (κ2) is 10.2. The summed E-state index contributed by atoms with van der Waals surface area (Å²) >= 11 is 0. The summed E-state index contributed by atoms with van der Waals surface area (Å²) < 4.78 is 65.2. The molecule has 0 radical (unpaired) electrons. The van der Waals surface area contributed by atoms with Crippen molar-refractivity contribution in [3.8, 4) is 17.2 Å². The molecule has 2 rings (SSSR count). The number of nitrogens with zero attached hydrogens (tertiary/aromatic N) is 1. The topological polar surface area (TPSA) is 170 Å². The molecule has 0 aliphatic rings. The molecule has 0 aliphatic heterocycles. The monoisotopic (exact) mass is 473 g/mol. The van der Waals surface area contributed by atoms with Crippen molar-refractivity contribution in [1.29, 1.82) is 0 Å². The molecule has 0 aromatic heterocycles. The first-order valence-electron chi connectivity index (χ1n) is 8.79. The Morgan fingerprint density at radius 3 is 2.16 bits per heavy atom. The number of rotatable bonds is 11. The molecule has 0 unspecified atom stereocenters. The summed E-state index contributed by atoms with van der Waals surface area (Å²) in [5.74, 6) is 0.224. The van der Waals surface area contributed by atoms with Gasteiger partial charge in [0.25, 0.3) is 0 Å². The molecule has 0 atom stereocenters. The van der Waals surface area contributed by atoms with Crippen molar-refractivity contribution in [3.05, 3.63) is 42.5 Å². The zero-order valence-electron chi connectivity index (χ0n) is 16.8. The minimum absolute atomic E-state index is 0.116. The molecule has 0 fully saturated rings. The number of hydrogen-bond acceptors (Lipinski definition) is 9. The molecule has 2 aromatic carbocycles. The van der Waals surface area contributed by atoms with E-state index in [2.05, 4.69) is 5.16 Å². The Balaban J connectivity index is 2.20. The van der Waals surface area contributed by atoms with Crippen LogP contribution < -0.4 is 25.1 Å².